The average Bonchev–Trinajstić information content (AvgIpc) is 2.39. The fourth-order valence-electron chi connectivity index (χ4n) is 1.50. The highest BCUT2D eigenvalue weighted by molar-refractivity contribution is 9.10. The zero-order valence-corrected chi connectivity index (χ0v) is 15.4. The first-order valence-corrected chi connectivity index (χ1v) is 8.20. The first-order chi connectivity index (χ1) is 10.5. The molecule has 0 saturated carbocycles. The minimum absolute atomic E-state index is 0.357. The van der Waals surface area contributed by atoms with Gasteiger partial charge in [0.15, 0.2) is 0 Å². The van der Waals surface area contributed by atoms with Gasteiger partial charge in [0.25, 0.3) is 5.91 Å². The summed E-state index contributed by atoms with van der Waals surface area (Å²) in [6.45, 7) is 6.91. The van der Waals surface area contributed by atoms with Gasteiger partial charge >= 0.3 is 5.97 Å². The van der Waals surface area contributed by atoms with E-state index in [-0.39, 0.29) is 5.56 Å². The van der Waals surface area contributed by atoms with Crippen molar-refractivity contribution in [1.82, 2.24) is 0 Å². The summed E-state index contributed by atoms with van der Waals surface area (Å²) in [6, 6.07) is 2.33. The van der Waals surface area contributed by atoms with Crippen LogP contribution in [-0.4, -0.2) is 22.7 Å². The molecule has 23 heavy (non-hydrogen) atoms. The van der Waals surface area contributed by atoms with Gasteiger partial charge < -0.3 is 4.74 Å². The quantitative estimate of drug-likeness (QED) is 0.236. The number of azide groups is 1. The molecule has 0 spiro atoms. The maximum atomic E-state index is 13.8. The number of esters is 1. The molecule has 0 aliphatic rings. The molecule has 1 aromatic carbocycles. The zero-order chi connectivity index (χ0) is 17.8. The van der Waals surface area contributed by atoms with E-state index in [2.05, 4.69) is 26.0 Å². The Morgan fingerprint density at radius 3 is 2.57 bits per heavy atom. The van der Waals surface area contributed by atoms with Gasteiger partial charge in [0.2, 0.25) is 0 Å². The van der Waals surface area contributed by atoms with Crippen molar-refractivity contribution in [3.63, 3.8) is 0 Å². The predicted molar refractivity (Wildman–Crippen MR) is 88.7 cm³/mol. The van der Waals surface area contributed by atoms with Crippen LogP contribution in [0.3, 0.4) is 0 Å². The minimum atomic E-state index is -1.02. The molecule has 6 nitrogen and oxygen atoms in total. The maximum Gasteiger partial charge on any atom is 0.319 e. The van der Waals surface area contributed by atoms with Crippen LogP contribution in [0.1, 0.15) is 38.1 Å². The molecule has 0 radical (unpaired) electrons. The van der Waals surface area contributed by atoms with E-state index in [4.69, 9.17) is 10.3 Å². The fraction of sp³-hybridized carbons (Fsp3) is 0.429. The highest BCUT2D eigenvalue weighted by atomic mass is 79.9. The van der Waals surface area contributed by atoms with E-state index in [0.717, 1.165) is 17.8 Å². The van der Waals surface area contributed by atoms with Crippen molar-refractivity contribution in [2.24, 2.45) is 5.11 Å². The molecule has 1 rings (SSSR count). The van der Waals surface area contributed by atoms with Gasteiger partial charge in [-0.3, -0.25) is 9.59 Å². The number of rotatable bonds is 4. The summed E-state index contributed by atoms with van der Waals surface area (Å²) in [5, 5.41) is 2.30. The maximum absolute atomic E-state index is 13.8. The second-order valence-electron chi connectivity index (χ2n) is 5.55. The van der Waals surface area contributed by atoms with Gasteiger partial charge in [-0.05, 0) is 66.4 Å². The Hall–Kier alpha value is -1.57. The van der Waals surface area contributed by atoms with Gasteiger partial charge in [-0.1, -0.05) is 0 Å². The molecule has 0 saturated heterocycles. The molecule has 1 aromatic rings. The number of carbonyl (C=O) groups is 2. The van der Waals surface area contributed by atoms with Crippen molar-refractivity contribution < 1.29 is 18.7 Å². The van der Waals surface area contributed by atoms with Gasteiger partial charge in [0.05, 0.1) is 5.56 Å². The molecule has 9 heteroatoms. The van der Waals surface area contributed by atoms with E-state index < -0.39 is 28.5 Å². The molecule has 0 N–H and O–H groups in total. The third-order valence-electron chi connectivity index (χ3n) is 2.43. The van der Waals surface area contributed by atoms with Crippen LogP contribution < -0.4 is 0 Å². The first kappa shape index (κ1) is 19.5. The van der Waals surface area contributed by atoms with E-state index in [1.165, 1.54) is 6.07 Å². The molecule has 0 aliphatic heterocycles. The summed E-state index contributed by atoms with van der Waals surface area (Å²) in [7, 11) is 0. The van der Waals surface area contributed by atoms with Crippen LogP contribution in [-0.2, 0) is 9.53 Å². The second kappa shape index (κ2) is 7.81. The van der Waals surface area contributed by atoms with Crippen LogP contribution >= 0.6 is 27.7 Å². The first-order valence-electron chi connectivity index (χ1n) is 6.53. The highest BCUT2D eigenvalue weighted by Crippen LogP contribution is 2.34. The number of thioether (sulfide) groups is 1. The summed E-state index contributed by atoms with van der Waals surface area (Å²) < 4.78 is 19.4. The third-order valence-corrected chi connectivity index (χ3v) is 4.49. The number of amides is 1. The van der Waals surface area contributed by atoms with Crippen LogP contribution in [0.4, 0.5) is 4.39 Å². The van der Waals surface area contributed by atoms with Crippen molar-refractivity contribution in [2.75, 3.05) is 0 Å². The lowest BCUT2D eigenvalue weighted by Crippen LogP contribution is -2.28. The molecule has 0 aliphatic carbocycles. The van der Waals surface area contributed by atoms with Crippen LogP contribution in [0.2, 0.25) is 0 Å². The molecule has 124 valence electrons. The monoisotopic (exact) mass is 403 g/mol. The Kier molecular flexibility index (Phi) is 6.61. The molecule has 1 amide bonds. The summed E-state index contributed by atoms with van der Waals surface area (Å²) in [4.78, 5) is 26.4. The van der Waals surface area contributed by atoms with Crippen molar-refractivity contribution in [3.05, 3.63) is 38.4 Å². The van der Waals surface area contributed by atoms with Gasteiger partial charge in [0, 0.05) is 14.3 Å². The Morgan fingerprint density at radius 2 is 2.04 bits per heavy atom. The number of hydrogen-bond acceptors (Lipinski definition) is 4. The normalized spacial score (nSPS) is 12.3. The molecule has 1 atom stereocenters. The Balaban J connectivity index is 3.04. The molecule has 0 aromatic heterocycles. The molecular weight excluding hydrogens is 389 g/mol. The number of ether oxygens (including phenoxy) is 1. The number of hydrogen-bond donors (Lipinski definition) is 0. The van der Waals surface area contributed by atoms with E-state index >= 15 is 0 Å². The van der Waals surface area contributed by atoms with Crippen LogP contribution in [0.15, 0.2) is 26.6 Å². The Bertz CT molecular complexity index is 685. The lowest BCUT2D eigenvalue weighted by Gasteiger charge is -2.22. The van der Waals surface area contributed by atoms with Crippen LogP contribution in [0.25, 0.3) is 10.4 Å². The van der Waals surface area contributed by atoms with Crippen molar-refractivity contribution in [2.45, 2.75) is 43.4 Å². The van der Waals surface area contributed by atoms with Gasteiger partial charge in [-0.15, -0.1) is 11.8 Å². The van der Waals surface area contributed by atoms with E-state index in [1.54, 1.807) is 27.7 Å². The summed E-state index contributed by atoms with van der Waals surface area (Å²) >= 11 is 4.28. The number of benzene rings is 1. The topological polar surface area (TPSA) is 92.1 Å². The number of nitrogens with zero attached hydrogens (tertiary/aromatic N) is 3. The molecule has 0 bridgehead atoms. The lowest BCUT2D eigenvalue weighted by atomic mass is 10.2. The van der Waals surface area contributed by atoms with E-state index in [0.29, 0.717) is 9.37 Å². The smallest absolute Gasteiger partial charge is 0.319 e. The molecular formula is C14H15BrFN3O3S. The SMILES string of the molecule is CC(Sc1cc(C(=O)N=[N+]=[N-])c(F)cc1Br)C(=O)OC(C)(C)C. The van der Waals surface area contributed by atoms with Gasteiger partial charge in [-0.25, -0.2) is 4.39 Å². The Morgan fingerprint density at radius 1 is 1.43 bits per heavy atom. The largest absolute Gasteiger partial charge is 0.459 e. The van der Waals surface area contributed by atoms with Crippen molar-refractivity contribution in [1.29, 1.82) is 0 Å². The molecule has 0 fully saturated rings. The summed E-state index contributed by atoms with van der Waals surface area (Å²) in [5.41, 5.74) is 7.31. The predicted octanol–water partition coefficient (Wildman–Crippen LogP) is 4.86. The summed E-state index contributed by atoms with van der Waals surface area (Å²) in [6.07, 6.45) is 0. The molecule has 0 heterocycles. The van der Waals surface area contributed by atoms with Crippen molar-refractivity contribution >= 4 is 39.6 Å². The molecule has 1 unspecified atom stereocenters. The lowest BCUT2D eigenvalue weighted by molar-refractivity contribution is -0.153. The minimum Gasteiger partial charge on any atom is -0.459 e. The summed E-state index contributed by atoms with van der Waals surface area (Å²) in [5.74, 6) is -2.27. The van der Waals surface area contributed by atoms with Gasteiger partial charge in [0.1, 0.15) is 16.7 Å². The fourth-order valence-corrected chi connectivity index (χ4v) is 2.98. The highest BCUT2D eigenvalue weighted by Gasteiger charge is 2.24. The standard InChI is InChI=1S/C14H15BrFN3O3S/c1-7(13(21)22-14(2,3)4)23-11-5-8(12(20)18-19-17)10(16)6-9(11)15/h5-7H,1-4H3. The third kappa shape index (κ3) is 5.85. The van der Waals surface area contributed by atoms with E-state index in [9.17, 15) is 14.0 Å². The zero-order valence-electron chi connectivity index (χ0n) is 13.0. The Labute approximate surface area is 145 Å². The van der Waals surface area contributed by atoms with Crippen LogP contribution in [0, 0.1) is 5.82 Å². The second-order valence-corrected chi connectivity index (χ2v) is 7.79. The van der Waals surface area contributed by atoms with Crippen LogP contribution in [0.5, 0.6) is 0 Å². The van der Waals surface area contributed by atoms with E-state index in [1.807, 2.05) is 0 Å². The van der Waals surface area contributed by atoms with Crippen molar-refractivity contribution in [3.8, 4) is 0 Å². The number of carbonyl (C=O) groups excluding carboxylic acids is 2. The average molecular weight is 404 g/mol. The number of halogens is 2. The van der Waals surface area contributed by atoms with Gasteiger partial charge in [-0.2, -0.15) is 0 Å².